The number of rotatable bonds is 10. The molecule has 3 N–H and O–H groups in total. The third-order valence-electron chi connectivity index (χ3n) is 5.82. The maximum absolute atomic E-state index is 15.6. The van der Waals surface area contributed by atoms with Crippen LogP contribution in [0.25, 0.3) is 22.5 Å². The molecule has 1 amide bonds. The van der Waals surface area contributed by atoms with Crippen LogP contribution < -0.4 is 15.4 Å². The molecule has 2 heterocycles. The Morgan fingerprint density at radius 2 is 2.03 bits per heavy atom. The Morgan fingerprint density at radius 1 is 1.29 bits per heavy atom. The van der Waals surface area contributed by atoms with Crippen LogP contribution in [-0.4, -0.2) is 59.7 Å². The van der Waals surface area contributed by atoms with Crippen molar-refractivity contribution in [3.05, 3.63) is 41.4 Å². The SMILES string of the molecule is COC(=O)NC1(CNc2nccc(-c3cn(CC(C)C)nc3-c3cc(Cl)cc(NS(C)(=O)=O)c3F)n2)CC1. The van der Waals surface area contributed by atoms with Gasteiger partial charge in [-0.25, -0.2) is 27.6 Å². The van der Waals surface area contributed by atoms with E-state index in [4.69, 9.17) is 16.3 Å². The molecule has 0 bridgehead atoms. The molecule has 11 nitrogen and oxygen atoms in total. The topological polar surface area (TPSA) is 140 Å². The van der Waals surface area contributed by atoms with Crippen molar-refractivity contribution in [2.24, 2.45) is 5.92 Å². The average molecular weight is 566 g/mol. The maximum atomic E-state index is 15.6. The fourth-order valence-electron chi connectivity index (χ4n) is 3.92. The standard InChI is InChI=1S/C24H29ClFN7O4S/c1-14(2)11-33-12-17(21(31-33)16-9-15(25)10-19(20(16)26)32-38(4,35)36)18-5-8-27-22(29-18)28-13-24(6-7-24)30-23(34)37-3/h5,8-10,12,14,32H,6-7,11,13H2,1-4H3,(H,30,34)(H,27,28,29). The zero-order chi connectivity index (χ0) is 27.7. The number of ether oxygens (including phenoxy) is 1. The Morgan fingerprint density at radius 3 is 2.66 bits per heavy atom. The highest BCUT2D eigenvalue weighted by atomic mass is 35.5. The first-order valence-electron chi connectivity index (χ1n) is 11.9. The summed E-state index contributed by atoms with van der Waals surface area (Å²) < 4.78 is 47.7. The number of hydrogen-bond donors (Lipinski definition) is 3. The highest BCUT2D eigenvalue weighted by Crippen LogP contribution is 2.38. The van der Waals surface area contributed by atoms with Gasteiger partial charge >= 0.3 is 6.09 Å². The first-order valence-corrected chi connectivity index (χ1v) is 14.1. The molecule has 1 saturated carbocycles. The van der Waals surface area contributed by atoms with Gasteiger partial charge in [0.25, 0.3) is 0 Å². The number of sulfonamides is 1. The molecule has 0 aliphatic heterocycles. The fraction of sp³-hybridized carbons (Fsp3) is 0.417. The second-order valence-corrected chi connectivity index (χ2v) is 11.9. The summed E-state index contributed by atoms with van der Waals surface area (Å²) in [5.74, 6) is -0.247. The number of carbonyl (C=O) groups excluding carboxylic acids is 1. The van der Waals surface area contributed by atoms with Gasteiger partial charge in [-0.3, -0.25) is 9.40 Å². The molecular weight excluding hydrogens is 537 g/mol. The van der Waals surface area contributed by atoms with Crippen molar-refractivity contribution in [2.75, 3.05) is 29.9 Å². The molecular formula is C24H29ClFN7O4S. The molecule has 3 aromatic rings. The van der Waals surface area contributed by atoms with Crippen molar-refractivity contribution < 1.29 is 22.3 Å². The molecule has 2 aromatic heterocycles. The molecule has 1 aliphatic rings. The summed E-state index contributed by atoms with van der Waals surface area (Å²) >= 11 is 6.24. The van der Waals surface area contributed by atoms with Gasteiger partial charge in [-0.05, 0) is 37.0 Å². The molecule has 4 rings (SSSR count). The van der Waals surface area contributed by atoms with Gasteiger partial charge < -0.3 is 15.4 Å². The van der Waals surface area contributed by atoms with Crippen LogP contribution in [0.15, 0.2) is 30.6 Å². The zero-order valence-corrected chi connectivity index (χ0v) is 23.0. The van der Waals surface area contributed by atoms with Crippen molar-refractivity contribution in [1.29, 1.82) is 0 Å². The zero-order valence-electron chi connectivity index (χ0n) is 21.4. The normalized spacial score (nSPS) is 14.3. The number of methoxy groups -OCH3 is 1. The summed E-state index contributed by atoms with van der Waals surface area (Å²) in [7, 11) is -2.44. The third kappa shape index (κ3) is 6.70. The first-order chi connectivity index (χ1) is 17.9. The number of alkyl carbamates (subject to hydrolysis) is 1. The van der Waals surface area contributed by atoms with Crippen molar-refractivity contribution in [2.45, 2.75) is 38.8 Å². The van der Waals surface area contributed by atoms with Crippen LogP contribution in [0.1, 0.15) is 26.7 Å². The van der Waals surface area contributed by atoms with E-state index in [9.17, 15) is 13.2 Å². The highest BCUT2D eigenvalue weighted by Gasteiger charge is 2.44. The van der Waals surface area contributed by atoms with Gasteiger partial charge in [0, 0.05) is 41.6 Å². The van der Waals surface area contributed by atoms with E-state index in [1.165, 1.54) is 19.2 Å². The van der Waals surface area contributed by atoms with Crippen LogP contribution >= 0.6 is 11.6 Å². The molecule has 0 atom stereocenters. The van der Waals surface area contributed by atoms with E-state index in [1.54, 1.807) is 23.1 Å². The van der Waals surface area contributed by atoms with Crippen LogP contribution in [0, 0.1) is 11.7 Å². The second-order valence-electron chi connectivity index (χ2n) is 9.71. The number of hydrogen-bond acceptors (Lipinski definition) is 8. The number of nitrogens with zero attached hydrogens (tertiary/aromatic N) is 4. The summed E-state index contributed by atoms with van der Waals surface area (Å²) in [5.41, 5.74) is 0.544. The molecule has 14 heteroatoms. The van der Waals surface area contributed by atoms with Crippen molar-refractivity contribution in [3.8, 4) is 22.5 Å². The Balaban J connectivity index is 1.71. The predicted molar refractivity (Wildman–Crippen MR) is 143 cm³/mol. The van der Waals surface area contributed by atoms with Gasteiger partial charge in [0.15, 0.2) is 5.82 Å². The summed E-state index contributed by atoms with van der Waals surface area (Å²) in [4.78, 5) is 20.5. The maximum Gasteiger partial charge on any atom is 0.407 e. The largest absolute Gasteiger partial charge is 0.453 e. The number of nitrogens with one attached hydrogen (secondary N) is 3. The lowest BCUT2D eigenvalue weighted by atomic mass is 10.0. The fourth-order valence-corrected chi connectivity index (χ4v) is 4.68. The molecule has 204 valence electrons. The van der Waals surface area contributed by atoms with E-state index in [0.717, 1.165) is 19.1 Å². The van der Waals surface area contributed by atoms with Gasteiger partial charge in [-0.1, -0.05) is 25.4 Å². The minimum absolute atomic E-state index is 0.0217. The lowest BCUT2D eigenvalue weighted by Gasteiger charge is -2.17. The smallest absolute Gasteiger partial charge is 0.407 e. The highest BCUT2D eigenvalue weighted by molar-refractivity contribution is 7.92. The number of halogens is 2. The quantitative estimate of drug-likeness (QED) is 0.333. The van der Waals surface area contributed by atoms with E-state index < -0.39 is 27.5 Å². The van der Waals surface area contributed by atoms with Gasteiger partial charge in [-0.15, -0.1) is 0 Å². The lowest BCUT2D eigenvalue weighted by molar-refractivity contribution is 0.166. The van der Waals surface area contributed by atoms with E-state index >= 15 is 4.39 Å². The van der Waals surface area contributed by atoms with Crippen LogP contribution in [0.5, 0.6) is 0 Å². The third-order valence-corrected chi connectivity index (χ3v) is 6.63. The molecule has 1 fully saturated rings. The number of amides is 1. The molecule has 1 aromatic carbocycles. The van der Waals surface area contributed by atoms with Crippen LogP contribution in [0.4, 0.5) is 20.8 Å². The molecule has 38 heavy (non-hydrogen) atoms. The van der Waals surface area contributed by atoms with Gasteiger partial charge in [0.05, 0.1) is 30.3 Å². The Bertz CT molecular complexity index is 1460. The minimum Gasteiger partial charge on any atom is -0.453 e. The van der Waals surface area contributed by atoms with Crippen molar-refractivity contribution in [1.82, 2.24) is 25.1 Å². The van der Waals surface area contributed by atoms with E-state index in [0.29, 0.717) is 30.3 Å². The Hall–Kier alpha value is -3.45. The van der Waals surface area contributed by atoms with Gasteiger partial charge in [0.1, 0.15) is 5.69 Å². The summed E-state index contributed by atoms with van der Waals surface area (Å²) in [6, 6.07) is 4.27. The molecule has 0 spiro atoms. The number of aromatic nitrogens is 4. The first kappa shape index (κ1) is 27.6. The second kappa shape index (κ2) is 10.7. The Labute approximate surface area is 225 Å². The number of anilines is 2. The van der Waals surface area contributed by atoms with Gasteiger partial charge in [-0.2, -0.15) is 5.10 Å². The Kier molecular flexibility index (Phi) is 7.79. The molecule has 0 saturated heterocycles. The summed E-state index contributed by atoms with van der Waals surface area (Å²) in [6.07, 6.45) is 5.32. The lowest BCUT2D eigenvalue weighted by Crippen LogP contribution is -2.42. The summed E-state index contributed by atoms with van der Waals surface area (Å²) in [6.45, 7) is 5.01. The van der Waals surface area contributed by atoms with E-state index in [2.05, 4.69) is 30.4 Å². The molecule has 0 radical (unpaired) electrons. The summed E-state index contributed by atoms with van der Waals surface area (Å²) in [5, 5.41) is 10.7. The van der Waals surface area contributed by atoms with Crippen LogP contribution in [-0.2, 0) is 21.3 Å². The predicted octanol–water partition coefficient (Wildman–Crippen LogP) is 4.13. The molecule has 1 aliphatic carbocycles. The van der Waals surface area contributed by atoms with Crippen molar-refractivity contribution in [3.63, 3.8) is 0 Å². The van der Waals surface area contributed by atoms with E-state index in [1.807, 2.05) is 13.8 Å². The monoisotopic (exact) mass is 565 g/mol. The van der Waals surface area contributed by atoms with Gasteiger partial charge in [0.2, 0.25) is 16.0 Å². The van der Waals surface area contributed by atoms with Crippen LogP contribution in [0.2, 0.25) is 5.02 Å². The average Bonchev–Trinajstić information content (AvgIpc) is 3.47. The van der Waals surface area contributed by atoms with Crippen LogP contribution in [0.3, 0.4) is 0 Å². The van der Waals surface area contributed by atoms with Crippen molar-refractivity contribution >= 4 is 39.4 Å². The minimum atomic E-state index is -3.75. The number of benzene rings is 1. The number of carbonyl (C=O) groups is 1. The molecule has 0 unspecified atom stereocenters. The van der Waals surface area contributed by atoms with E-state index in [-0.39, 0.29) is 27.9 Å².